The fraction of sp³-hybridized carbons (Fsp3) is 0.0769. The van der Waals surface area contributed by atoms with Crippen LogP contribution in [0.2, 0.25) is 0 Å². The molecule has 192 valence electrons. The Bertz CT molecular complexity index is 1280. The van der Waals surface area contributed by atoms with Gasteiger partial charge in [-0.1, -0.05) is 73.3 Å². The third-order valence-corrected chi connectivity index (χ3v) is 4.64. The Morgan fingerprint density at radius 3 is 1.78 bits per heavy atom. The minimum absolute atomic E-state index is 0.0394. The molecule has 0 aliphatic carbocycles. The third kappa shape index (κ3) is 11.0. The standard InChI is InChI=1S/C10H10ClNO2.C10H9NO2.C6H6N2O2/c11-8-4-3-6-9-5-1-2-7-10(9)12(13)14;1-2-3-6-9-7-4-5-8-10(9)11(12)13;7-5-3-1-2-4-6(5)8(9)10/h1-5,7H,6,8H2;2-8H,1H2;1-4H,7H2/b4-3+;6-3+;. The van der Waals surface area contributed by atoms with Crippen molar-refractivity contribution >= 4 is 40.4 Å². The number of allylic oxidation sites excluding steroid dienone is 4. The molecule has 2 N–H and O–H groups in total. The van der Waals surface area contributed by atoms with Gasteiger partial charge in [-0.25, -0.2) is 0 Å². The first-order chi connectivity index (χ1) is 17.7. The summed E-state index contributed by atoms with van der Waals surface area (Å²) in [6.45, 7) is 3.49. The van der Waals surface area contributed by atoms with E-state index in [-0.39, 0.29) is 27.7 Å². The zero-order valence-corrected chi connectivity index (χ0v) is 20.4. The second-order valence-electron chi connectivity index (χ2n) is 6.94. The monoisotopic (exact) mass is 524 g/mol. The van der Waals surface area contributed by atoms with Crippen LogP contribution in [0.3, 0.4) is 0 Å². The number of benzene rings is 3. The first kappa shape index (κ1) is 30.2. The molecule has 0 saturated heterocycles. The predicted octanol–water partition coefficient (Wildman–Crippen LogP) is 6.90. The van der Waals surface area contributed by atoms with Crippen molar-refractivity contribution in [3.8, 4) is 0 Å². The quantitative estimate of drug-likeness (QED) is 0.0837. The molecular formula is C26H25ClN4O6. The summed E-state index contributed by atoms with van der Waals surface area (Å²) < 4.78 is 0. The van der Waals surface area contributed by atoms with E-state index in [0.717, 1.165) is 0 Å². The van der Waals surface area contributed by atoms with Crippen molar-refractivity contribution in [3.63, 3.8) is 0 Å². The van der Waals surface area contributed by atoms with Crippen molar-refractivity contribution in [2.45, 2.75) is 6.42 Å². The summed E-state index contributed by atoms with van der Waals surface area (Å²) in [5.41, 5.74) is 7.01. The molecule has 3 aromatic rings. The third-order valence-electron chi connectivity index (χ3n) is 4.46. The van der Waals surface area contributed by atoms with Gasteiger partial charge in [0, 0.05) is 29.6 Å². The van der Waals surface area contributed by atoms with Crippen molar-refractivity contribution in [3.05, 3.63) is 145 Å². The van der Waals surface area contributed by atoms with E-state index in [2.05, 4.69) is 6.58 Å². The molecule has 0 heterocycles. The van der Waals surface area contributed by atoms with Crippen molar-refractivity contribution in [1.82, 2.24) is 0 Å². The molecule has 0 amide bonds. The lowest BCUT2D eigenvalue weighted by Crippen LogP contribution is -1.93. The molecule has 0 aliphatic rings. The number of nitrogens with two attached hydrogens (primary N) is 1. The highest BCUT2D eigenvalue weighted by molar-refractivity contribution is 6.18. The van der Waals surface area contributed by atoms with Crippen LogP contribution in [-0.4, -0.2) is 20.6 Å². The maximum Gasteiger partial charge on any atom is 0.292 e. The molecule has 37 heavy (non-hydrogen) atoms. The van der Waals surface area contributed by atoms with Gasteiger partial charge >= 0.3 is 0 Å². The Kier molecular flexibility index (Phi) is 13.7. The first-order valence-corrected chi connectivity index (χ1v) is 11.2. The van der Waals surface area contributed by atoms with Crippen molar-refractivity contribution in [2.24, 2.45) is 0 Å². The van der Waals surface area contributed by atoms with Gasteiger partial charge < -0.3 is 5.73 Å². The SMILES string of the molecule is C=C/C=C/c1ccccc1[N+](=O)[O-].Nc1ccccc1[N+](=O)[O-].O=[N+]([O-])c1ccccc1C/C=C/CCl. The smallest absolute Gasteiger partial charge is 0.292 e. The van der Waals surface area contributed by atoms with Gasteiger partial charge in [0.25, 0.3) is 17.1 Å². The van der Waals surface area contributed by atoms with E-state index >= 15 is 0 Å². The van der Waals surface area contributed by atoms with E-state index in [4.69, 9.17) is 17.3 Å². The number of nitro benzene ring substituents is 3. The second-order valence-corrected chi connectivity index (χ2v) is 7.25. The molecule has 0 radical (unpaired) electrons. The molecule has 0 unspecified atom stereocenters. The zero-order chi connectivity index (χ0) is 27.6. The lowest BCUT2D eigenvalue weighted by molar-refractivity contribution is -0.385. The van der Waals surface area contributed by atoms with Gasteiger partial charge in [0.1, 0.15) is 5.69 Å². The Morgan fingerprint density at radius 2 is 1.27 bits per heavy atom. The summed E-state index contributed by atoms with van der Waals surface area (Å²) in [6, 6.07) is 19.4. The van der Waals surface area contributed by atoms with Crippen LogP contribution in [-0.2, 0) is 6.42 Å². The molecule has 10 nitrogen and oxygen atoms in total. The first-order valence-electron chi connectivity index (χ1n) is 10.7. The normalized spacial score (nSPS) is 10.1. The van der Waals surface area contributed by atoms with Gasteiger partial charge in [-0.2, -0.15) is 0 Å². The number of nitrogens with zero attached hydrogens (tertiary/aromatic N) is 3. The van der Waals surface area contributed by atoms with Gasteiger partial charge in [0.2, 0.25) is 0 Å². The van der Waals surface area contributed by atoms with Crippen molar-refractivity contribution in [2.75, 3.05) is 11.6 Å². The summed E-state index contributed by atoms with van der Waals surface area (Å²) in [6.07, 6.45) is 9.06. The number of nitro groups is 3. The molecule has 0 bridgehead atoms. The van der Waals surface area contributed by atoms with Crippen LogP contribution in [0, 0.1) is 30.3 Å². The van der Waals surface area contributed by atoms with Crippen molar-refractivity contribution in [1.29, 1.82) is 0 Å². The maximum absolute atomic E-state index is 10.6. The average Bonchev–Trinajstić information content (AvgIpc) is 2.89. The topological polar surface area (TPSA) is 155 Å². The van der Waals surface area contributed by atoms with E-state index in [1.165, 1.54) is 24.3 Å². The Labute approximate surface area is 218 Å². The van der Waals surface area contributed by atoms with Gasteiger partial charge in [-0.15, -0.1) is 11.6 Å². The van der Waals surface area contributed by atoms with Crippen LogP contribution in [0.4, 0.5) is 22.7 Å². The van der Waals surface area contributed by atoms with Gasteiger partial charge in [-0.3, -0.25) is 30.3 Å². The van der Waals surface area contributed by atoms with Gasteiger partial charge in [0.05, 0.1) is 20.3 Å². The molecule has 11 heteroatoms. The predicted molar refractivity (Wildman–Crippen MR) is 146 cm³/mol. The number of hydrogen-bond donors (Lipinski definition) is 1. The zero-order valence-electron chi connectivity index (χ0n) is 19.7. The molecule has 3 rings (SSSR count). The number of nitrogen functional groups attached to an aromatic ring is 1. The number of alkyl halides is 1. The molecule has 0 fully saturated rings. The average molecular weight is 525 g/mol. The minimum Gasteiger partial charge on any atom is -0.393 e. The van der Waals surface area contributed by atoms with Crippen LogP contribution >= 0.6 is 11.6 Å². The van der Waals surface area contributed by atoms with Gasteiger partial charge in [-0.05, 0) is 24.6 Å². The fourth-order valence-electron chi connectivity index (χ4n) is 2.76. The maximum atomic E-state index is 10.6. The van der Waals surface area contributed by atoms with Crippen LogP contribution < -0.4 is 5.73 Å². The van der Waals surface area contributed by atoms with E-state index in [1.54, 1.807) is 72.8 Å². The molecule has 0 saturated carbocycles. The summed E-state index contributed by atoms with van der Waals surface area (Å²) >= 11 is 5.45. The number of anilines is 1. The van der Waals surface area contributed by atoms with Crippen LogP contribution in [0.25, 0.3) is 6.08 Å². The molecule has 0 aliphatic heterocycles. The lowest BCUT2D eigenvalue weighted by atomic mass is 10.1. The van der Waals surface area contributed by atoms with E-state index < -0.39 is 9.85 Å². The van der Waals surface area contributed by atoms with Gasteiger partial charge in [0.15, 0.2) is 0 Å². The Hall–Kier alpha value is -4.83. The summed E-state index contributed by atoms with van der Waals surface area (Å²) in [5, 5.41) is 31.3. The molecule has 0 spiro atoms. The highest BCUT2D eigenvalue weighted by Crippen LogP contribution is 2.20. The largest absolute Gasteiger partial charge is 0.393 e. The highest BCUT2D eigenvalue weighted by atomic mass is 35.5. The highest BCUT2D eigenvalue weighted by Gasteiger charge is 2.10. The Balaban J connectivity index is 0.000000281. The lowest BCUT2D eigenvalue weighted by Gasteiger charge is -1.97. The molecule has 0 aromatic heterocycles. The molecular weight excluding hydrogens is 500 g/mol. The van der Waals surface area contributed by atoms with Crippen LogP contribution in [0.15, 0.2) is 104 Å². The van der Waals surface area contributed by atoms with Crippen molar-refractivity contribution < 1.29 is 14.8 Å². The molecule has 3 aromatic carbocycles. The van der Waals surface area contributed by atoms with E-state index in [9.17, 15) is 30.3 Å². The van der Waals surface area contributed by atoms with Crippen LogP contribution in [0.5, 0.6) is 0 Å². The molecule has 0 atom stereocenters. The summed E-state index contributed by atoms with van der Waals surface area (Å²) in [7, 11) is 0. The Morgan fingerprint density at radius 1 is 0.757 bits per heavy atom. The second kappa shape index (κ2) is 16.7. The van der Waals surface area contributed by atoms with E-state index in [0.29, 0.717) is 23.4 Å². The number of rotatable bonds is 8. The number of halogens is 1. The fourth-order valence-corrected chi connectivity index (χ4v) is 2.88. The van der Waals surface area contributed by atoms with E-state index in [1.807, 2.05) is 6.08 Å². The number of para-hydroxylation sites is 4. The summed E-state index contributed by atoms with van der Waals surface area (Å²) in [5.74, 6) is 0.431. The summed E-state index contributed by atoms with van der Waals surface area (Å²) in [4.78, 5) is 30.0. The minimum atomic E-state index is -0.505. The number of hydrogen-bond acceptors (Lipinski definition) is 7. The van der Waals surface area contributed by atoms with Crippen LogP contribution in [0.1, 0.15) is 11.1 Å².